The zero-order valence-corrected chi connectivity index (χ0v) is 18.8. The highest BCUT2D eigenvalue weighted by Gasteiger charge is 2.22. The van der Waals surface area contributed by atoms with Gasteiger partial charge in [-0.25, -0.2) is 15.0 Å². The topological polar surface area (TPSA) is 65.6 Å². The fraction of sp³-hybridized carbons (Fsp3) is 0.308. The predicted molar refractivity (Wildman–Crippen MR) is 130 cm³/mol. The average molecular weight is 426 g/mol. The molecule has 32 heavy (non-hydrogen) atoms. The molecule has 2 aromatic carbocycles. The van der Waals surface area contributed by atoms with Crippen LogP contribution in [0.1, 0.15) is 44.0 Å². The lowest BCUT2D eigenvalue weighted by molar-refractivity contribution is 0.556. The third-order valence-corrected chi connectivity index (χ3v) is 6.05. The highest BCUT2D eigenvalue weighted by atomic mass is 16.1. The first-order valence-electron chi connectivity index (χ1n) is 11.3. The molecule has 0 aliphatic carbocycles. The molecule has 0 aliphatic rings. The van der Waals surface area contributed by atoms with Crippen molar-refractivity contribution in [2.24, 2.45) is 0 Å². The van der Waals surface area contributed by atoms with E-state index in [1.54, 1.807) is 4.57 Å². The van der Waals surface area contributed by atoms with E-state index in [2.05, 4.69) is 26.0 Å². The first-order chi connectivity index (χ1) is 15.6. The fourth-order valence-electron chi connectivity index (χ4n) is 4.40. The molecule has 0 fully saturated rings. The molecule has 0 N–H and O–H groups in total. The Hall–Kier alpha value is -3.54. The van der Waals surface area contributed by atoms with Crippen LogP contribution in [0, 0.1) is 13.8 Å². The van der Waals surface area contributed by atoms with E-state index in [-0.39, 0.29) is 5.56 Å². The minimum absolute atomic E-state index is 0.0371. The van der Waals surface area contributed by atoms with Gasteiger partial charge in [-0.3, -0.25) is 13.9 Å². The summed E-state index contributed by atoms with van der Waals surface area (Å²) in [6.45, 7) is 6.83. The van der Waals surface area contributed by atoms with E-state index in [9.17, 15) is 4.79 Å². The minimum atomic E-state index is -0.0371. The van der Waals surface area contributed by atoms with Gasteiger partial charge in [-0.2, -0.15) is 0 Å². The number of aromatic nitrogens is 5. The van der Waals surface area contributed by atoms with Gasteiger partial charge in [-0.15, -0.1) is 0 Å². The number of fused-ring (bicyclic) bond motifs is 4. The Morgan fingerprint density at radius 1 is 0.844 bits per heavy atom. The van der Waals surface area contributed by atoms with Gasteiger partial charge in [0.15, 0.2) is 11.3 Å². The second-order valence-electron chi connectivity index (χ2n) is 8.43. The maximum Gasteiger partial charge on any atom is 0.265 e. The Morgan fingerprint density at radius 3 is 2.38 bits per heavy atom. The van der Waals surface area contributed by atoms with Crippen LogP contribution in [-0.2, 0) is 6.54 Å². The fourth-order valence-corrected chi connectivity index (χ4v) is 4.40. The summed E-state index contributed by atoms with van der Waals surface area (Å²) in [7, 11) is 0. The van der Waals surface area contributed by atoms with Crippen LogP contribution in [0.4, 0.5) is 0 Å². The summed E-state index contributed by atoms with van der Waals surface area (Å²) in [5.74, 6) is 0.722. The van der Waals surface area contributed by atoms with E-state index in [0.717, 1.165) is 47.4 Å². The number of hydrogen-bond donors (Lipinski definition) is 0. The Labute approximate surface area is 186 Å². The number of unbranched alkanes of at least 4 members (excludes halogenated alkanes) is 3. The van der Waals surface area contributed by atoms with Crippen LogP contribution in [0.15, 0.2) is 53.3 Å². The van der Waals surface area contributed by atoms with Crippen LogP contribution >= 0.6 is 0 Å². The molecule has 0 amide bonds. The SMILES string of the molecule is CCCCCCn1c(C)nc2c(c1=O)c1nc3ccccc3nc1n2-c1cccc(C)c1. The van der Waals surface area contributed by atoms with Gasteiger partial charge in [0, 0.05) is 12.2 Å². The standard InChI is InChI=1S/C26H27N5O/c1-4-5-6-9-15-30-18(3)27-24-22(26(30)32)23-25(29-21-14-8-7-13-20(21)28-23)31(24)19-12-10-11-17(2)16-19/h7-8,10-14,16H,4-6,9,15H2,1-3H3. The minimum Gasteiger partial charge on any atom is -0.296 e. The van der Waals surface area contributed by atoms with Crippen molar-refractivity contribution < 1.29 is 0 Å². The van der Waals surface area contributed by atoms with Crippen LogP contribution in [0.5, 0.6) is 0 Å². The molecular weight excluding hydrogens is 398 g/mol. The summed E-state index contributed by atoms with van der Waals surface area (Å²) in [4.78, 5) is 28.4. The summed E-state index contributed by atoms with van der Waals surface area (Å²) in [6, 6.07) is 16.0. The molecule has 6 nitrogen and oxygen atoms in total. The summed E-state index contributed by atoms with van der Waals surface area (Å²) < 4.78 is 3.78. The number of benzene rings is 2. The molecule has 3 heterocycles. The van der Waals surface area contributed by atoms with E-state index >= 15 is 0 Å². The molecule has 3 aromatic heterocycles. The van der Waals surface area contributed by atoms with Crippen LogP contribution in [0.3, 0.4) is 0 Å². The smallest absolute Gasteiger partial charge is 0.265 e. The van der Waals surface area contributed by atoms with Crippen molar-refractivity contribution in [2.75, 3.05) is 0 Å². The van der Waals surface area contributed by atoms with Crippen LogP contribution in [0.25, 0.3) is 38.9 Å². The quantitative estimate of drug-likeness (QED) is 0.338. The lowest BCUT2D eigenvalue weighted by Gasteiger charge is -2.11. The van der Waals surface area contributed by atoms with Gasteiger partial charge >= 0.3 is 0 Å². The zero-order chi connectivity index (χ0) is 22.2. The van der Waals surface area contributed by atoms with E-state index in [4.69, 9.17) is 15.0 Å². The highest BCUT2D eigenvalue weighted by Crippen LogP contribution is 2.29. The first-order valence-corrected chi connectivity index (χ1v) is 11.3. The van der Waals surface area contributed by atoms with Crippen molar-refractivity contribution in [1.82, 2.24) is 24.1 Å². The lowest BCUT2D eigenvalue weighted by Crippen LogP contribution is -2.24. The Balaban J connectivity index is 1.85. The number of rotatable bonds is 6. The van der Waals surface area contributed by atoms with Crippen molar-refractivity contribution in [2.45, 2.75) is 53.0 Å². The molecule has 5 rings (SSSR count). The Morgan fingerprint density at radius 2 is 1.62 bits per heavy atom. The number of nitrogens with zero attached hydrogens (tertiary/aromatic N) is 5. The number of para-hydroxylation sites is 2. The molecule has 162 valence electrons. The van der Waals surface area contributed by atoms with Gasteiger partial charge in [-0.1, -0.05) is 50.5 Å². The van der Waals surface area contributed by atoms with Gasteiger partial charge in [0.25, 0.3) is 5.56 Å². The third-order valence-electron chi connectivity index (χ3n) is 6.05. The molecule has 0 saturated carbocycles. The highest BCUT2D eigenvalue weighted by molar-refractivity contribution is 6.05. The van der Waals surface area contributed by atoms with Gasteiger partial charge in [0.2, 0.25) is 0 Å². The Bertz CT molecular complexity index is 1510. The second-order valence-corrected chi connectivity index (χ2v) is 8.43. The molecular formula is C26H27N5O. The van der Waals surface area contributed by atoms with E-state index in [0.29, 0.717) is 28.7 Å². The van der Waals surface area contributed by atoms with Crippen molar-refractivity contribution in [1.29, 1.82) is 0 Å². The molecule has 6 heteroatoms. The van der Waals surface area contributed by atoms with Crippen molar-refractivity contribution >= 4 is 33.2 Å². The molecule has 0 saturated heterocycles. The molecule has 5 aromatic rings. The first kappa shape index (κ1) is 20.4. The lowest BCUT2D eigenvalue weighted by atomic mass is 10.2. The number of hydrogen-bond acceptors (Lipinski definition) is 4. The molecule has 0 unspecified atom stereocenters. The Kier molecular flexibility index (Phi) is 5.21. The average Bonchev–Trinajstić information content (AvgIpc) is 3.09. The van der Waals surface area contributed by atoms with Crippen molar-refractivity contribution in [3.8, 4) is 5.69 Å². The maximum atomic E-state index is 13.7. The van der Waals surface area contributed by atoms with Crippen LogP contribution < -0.4 is 5.56 Å². The zero-order valence-electron chi connectivity index (χ0n) is 18.8. The molecule has 0 radical (unpaired) electrons. The summed E-state index contributed by atoms with van der Waals surface area (Å²) in [5, 5.41) is 0.542. The van der Waals surface area contributed by atoms with E-state index < -0.39 is 0 Å². The molecule has 0 aliphatic heterocycles. The third kappa shape index (κ3) is 3.36. The van der Waals surface area contributed by atoms with Crippen LogP contribution in [-0.4, -0.2) is 24.1 Å². The van der Waals surface area contributed by atoms with Gasteiger partial charge in [0.05, 0.1) is 11.0 Å². The summed E-state index contributed by atoms with van der Waals surface area (Å²) in [6.07, 6.45) is 4.41. The van der Waals surface area contributed by atoms with Crippen molar-refractivity contribution in [3.05, 3.63) is 70.3 Å². The maximum absolute atomic E-state index is 13.7. The van der Waals surface area contributed by atoms with Crippen LogP contribution in [0.2, 0.25) is 0 Å². The largest absolute Gasteiger partial charge is 0.296 e. The predicted octanol–water partition coefficient (Wildman–Crippen LogP) is 5.48. The second kappa shape index (κ2) is 8.19. The summed E-state index contributed by atoms with van der Waals surface area (Å²) >= 11 is 0. The van der Waals surface area contributed by atoms with E-state index in [1.807, 2.05) is 47.9 Å². The van der Waals surface area contributed by atoms with E-state index in [1.165, 1.54) is 6.42 Å². The van der Waals surface area contributed by atoms with Gasteiger partial charge in [-0.05, 0) is 50.1 Å². The number of aryl methyl sites for hydroxylation is 2. The van der Waals surface area contributed by atoms with Gasteiger partial charge in [0.1, 0.15) is 16.7 Å². The van der Waals surface area contributed by atoms with Crippen molar-refractivity contribution in [3.63, 3.8) is 0 Å². The molecule has 0 bridgehead atoms. The van der Waals surface area contributed by atoms with Gasteiger partial charge < -0.3 is 0 Å². The summed E-state index contributed by atoms with van der Waals surface area (Å²) in [5.41, 5.74) is 5.50. The normalized spacial score (nSPS) is 11.7. The molecule has 0 spiro atoms. The monoisotopic (exact) mass is 425 g/mol. The molecule has 0 atom stereocenters.